The summed E-state index contributed by atoms with van der Waals surface area (Å²) in [5, 5.41) is 7.69. The molecule has 0 atom stereocenters. The Bertz CT molecular complexity index is 540. The summed E-state index contributed by atoms with van der Waals surface area (Å²) in [6.07, 6.45) is 0.358. The maximum atomic E-state index is 11.2. The monoisotopic (exact) mass is 272 g/mol. The van der Waals surface area contributed by atoms with Crippen LogP contribution < -0.4 is 15.2 Å². The molecule has 1 amide bonds. The van der Waals surface area contributed by atoms with E-state index in [1.165, 1.54) is 25.3 Å². The Labute approximate surface area is 106 Å². The highest BCUT2D eigenvalue weighted by molar-refractivity contribution is 7.89. The Morgan fingerprint density at radius 1 is 1.44 bits per heavy atom. The van der Waals surface area contributed by atoms with Crippen LogP contribution in [0.15, 0.2) is 23.1 Å². The van der Waals surface area contributed by atoms with Crippen molar-refractivity contribution >= 4 is 15.9 Å². The molecule has 0 fully saturated rings. The fourth-order valence-corrected chi connectivity index (χ4v) is 1.95. The van der Waals surface area contributed by atoms with Gasteiger partial charge in [0.1, 0.15) is 5.75 Å². The predicted octanol–water partition coefficient (Wildman–Crippen LogP) is 0.369. The van der Waals surface area contributed by atoms with Crippen molar-refractivity contribution in [1.29, 1.82) is 0 Å². The van der Waals surface area contributed by atoms with Crippen molar-refractivity contribution in [1.82, 2.24) is 5.32 Å². The zero-order chi connectivity index (χ0) is 13.8. The van der Waals surface area contributed by atoms with Crippen molar-refractivity contribution in [3.63, 3.8) is 0 Å². The van der Waals surface area contributed by atoms with Gasteiger partial charge in [0.05, 0.1) is 12.0 Å². The Hall–Kier alpha value is -1.60. The molecule has 0 aliphatic rings. The number of hydrogen-bond donors (Lipinski definition) is 2. The van der Waals surface area contributed by atoms with Gasteiger partial charge >= 0.3 is 0 Å². The summed E-state index contributed by atoms with van der Waals surface area (Å²) in [4.78, 5) is 11.2. The van der Waals surface area contributed by atoms with Crippen molar-refractivity contribution in [2.45, 2.75) is 24.8 Å². The molecule has 0 radical (unpaired) electrons. The van der Waals surface area contributed by atoms with E-state index >= 15 is 0 Å². The van der Waals surface area contributed by atoms with Gasteiger partial charge in [-0.25, -0.2) is 13.6 Å². The van der Waals surface area contributed by atoms with Gasteiger partial charge in [0, 0.05) is 18.5 Å². The van der Waals surface area contributed by atoms with Crippen LogP contribution >= 0.6 is 0 Å². The number of primary sulfonamides is 1. The van der Waals surface area contributed by atoms with E-state index < -0.39 is 10.0 Å². The lowest BCUT2D eigenvalue weighted by Crippen LogP contribution is -2.22. The zero-order valence-corrected chi connectivity index (χ0v) is 11.1. The minimum atomic E-state index is -3.76. The third-order valence-electron chi connectivity index (χ3n) is 2.38. The van der Waals surface area contributed by atoms with E-state index in [-0.39, 0.29) is 17.3 Å². The zero-order valence-electron chi connectivity index (χ0n) is 10.3. The number of rotatable bonds is 5. The highest BCUT2D eigenvalue weighted by atomic mass is 32.2. The van der Waals surface area contributed by atoms with Crippen molar-refractivity contribution in [3.05, 3.63) is 23.8 Å². The smallest absolute Gasteiger partial charge is 0.238 e. The molecule has 0 saturated carbocycles. The summed E-state index contributed by atoms with van der Waals surface area (Å²) in [5.41, 5.74) is 0.561. The lowest BCUT2D eigenvalue weighted by molar-refractivity contribution is -0.120. The molecule has 0 unspecified atom stereocenters. The summed E-state index contributed by atoms with van der Waals surface area (Å²) in [5.74, 6) is 0.372. The van der Waals surface area contributed by atoms with Gasteiger partial charge in [-0.3, -0.25) is 4.79 Å². The van der Waals surface area contributed by atoms with Gasteiger partial charge in [0.25, 0.3) is 0 Å². The lowest BCUT2D eigenvalue weighted by Gasteiger charge is -2.10. The molecular weight excluding hydrogens is 256 g/mol. The molecule has 0 aliphatic heterocycles. The third-order valence-corrected chi connectivity index (χ3v) is 3.29. The fourth-order valence-electron chi connectivity index (χ4n) is 1.39. The second-order valence-electron chi connectivity index (χ2n) is 3.65. The summed E-state index contributed by atoms with van der Waals surface area (Å²) >= 11 is 0. The molecule has 0 bridgehead atoms. The first-order chi connectivity index (χ1) is 8.38. The first-order valence-corrected chi connectivity index (χ1v) is 6.89. The third kappa shape index (κ3) is 3.71. The van der Waals surface area contributed by atoms with Gasteiger partial charge in [-0.2, -0.15) is 0 Å². The average molecular weight is 272 g/mol. The Morgan fingerprint density at radius 2 is 2.11 bits per heavy atom. The quantitative estimate of drug-likeness (QED) is 0.809. The van der Waals surface area contributed by atoms with Crippen LogP contribution in [0.5, 0.6) is 5.75 Å². The molecule has 0 aliphatic carbocycles. The number of carbonyl (C=O) groups is 1. The highest BCUT2D eigenvalue weighted by Gasteiger charge is 2.12. The minimum absolute atomic E-state index is 0.0101. The molecule has 0 saturated heterocycles. The average Bonchev–Trinajstić information content (AvgIpc) is 2.34. The van der Waals surface area contributed by atoms with Crippen LogP contribution in [0, 0.1) is 0 Å². The first kappa shape index (κ1) is 14.5. The van der Waals surface area contributed by atoms with Crippen LogP contribution in [-0.2, 0) is 21.4 Å². The number of amides is 1. The molecule has 3 N–H and O–H groups in total. The van der Waals surface area contributed by atoms with Gasteiger partial charge in [0.15, 0.2) is 0 Å². The summed E-state index contributed by atoms with van der Waals surface area (Å²) < 4.78 is 27.5. The lowest BCUT2D eigenvalue weighted by atomic mass is 10.2. The SMILES string of the molecule is CCC(=O)NCc1cc(S(N)(=O)=O)ccc1OC. The van der Waals surface area contributed by atoms with Gasteiger partial charge in [-0.1, -0.05) is 6.92 Å². The Morgan fingerprint density at radius 3 is 2.61 bits per heavy atom. The number of benzene rings is 1. The van der Waals surface area contributed by atoms with Gasteiger partial charge in [-0.15, -0.1) is 0 Å². The summed E-state index contributed by atoms with van der Waals surface area (Å²) in [6, 6.07) is 4.26. The second-order valence-corrected chi connectivity index (χ2v) is 5.21. The van der Waals surface area contributed by atoms with Crippen LogP contribution in [0.25, 0.3) is 0 Å². The van der Waals surface area contributed by atoms with E-state index in [1.807, 2.05) is 0 Å². The molecule has 1 rings (SSSR count). The molecule has 7 heteroatoms. The van der Waals surface area contributed by atoms with Crippen LogP contribution in [0.3, 0.4) is 0 Å². The maximum absolute atomic E-state index is 11.2. The van der Waals surface area contributed by atoms with Crippen molar-refractivity contribution in [2.24, 2.45) is 5.14 Å². The van der Waals surface area contributed by atoms with Gasteiger partial charge < -0.3 is 10.1 Å². The standard InChI is InChI=1S/C11H16N2O4S/c1-3-11(14)13-7-8-6-9(18(12,15)16)4-5-10(8)17-2/h4-6H,3,7H2,1-2H3,(H,13,14)(H2,12,15,16). The maximum Gasteiger partial charge on any atom is 0.238 e. The molecule has 1 aromatic carbocycles. The van der Waals surface area contributed by atoms with Crippen molar-refractivity contribution in [3.8, 4) is 5.75 Å². The van der Waals surface area contributed by atoms with Crippen molar-refractivity contribution in [2.75, 3.05) is 7.11 Å². The molecular formula is C11H16N2O4S. The predicted molar refractivity (Wildman–Crippen MR) is 66.5 cm³/mol. The molecule has 100 valence electrons. The Kier molecular flexibility index (Phi) is 4.69. The highest BCUT2D eigenvalue weighted by Crippen LogP contribution is 2.21. The largest absolute Gasteiger partial charge is 0.496 e. The topological polar surface area (TPSA) is 98.5 Å². The number of sulfonamides is 1. The van der Waals surface area contributed by atoms with Crippen LogP contribution in [0.2, 0.25) is 0 Å². The first-order valence-electron chi connectivity index (χ1n) is 5.35. The second kappa shape index (κ2) is 5.83. The molecule has 1 aromatic rings. The summed E-state index contributed by atoms with van der Waals surface area (Å²) in [6.45, 7) is 1.92. The van der Waals surface area contributed by atoms with Gasteiger partial charge in [0.2, 0.25) is 15.9 Å². The van der Waals surface area contributed by atoms with Crippen molar-refractivity contribution < 1.29 is 17.9 Å². The molecule has 18 heavy (non-hydrogen) atoms. The molecule has 0 spiro atoms. The normalized spacial score (nSPS) is 11.1. The van der Waals surface area contributed by atoms with E-state index in [1.54, 1.807) is 6.92 Å². The van der Waals surface area contributed by atoms with E-state index in [2.05, 4.69) is 5.32 Å². The molecule has 6 nitrogen and oxygen atoms in total. The minimum Gasteiger partial charge on any atom is -0.496 e. The van der Waals surface area contributed by atoms with Crippen LogP contribution in [0.4, 0.5) is 0 Å². The number of nitrogens with two attached hydrogens (primary N) is 1. The molecule has 0 aromatic heterocycles. The van der Waals surface area contributed by atoms with E-state index in [4.69, 9.17) is 9.88 Å². The number of carbonyl (C=O) groups excluding carboxylic acids is 1. The number of nitrogens with one attached hydrogen (secondary N) is 1. The fraction of sp³-hybridized carbons (Fsp3) is 0.364. The number of methoxy groups -OCH3 is 1. The summed E-state index contributed by atoms with van der Waals surface area (Å²) in [7, 11) is -2.29. The van der Waals surface area contributed by atoms with Crippen LogP contribution in [-0.4, -0.2) is 21.4 Å². The van der Waals surface area contributed by atoms with E-state index in [0.29, 0.717) is 17.7 Å². The van der Waals surface area contributed by atoms with E-state index in [9.17, 15) is 13.2 Å². The number of ether oxygens (including phenoxy) is 1. The Balaban J connectivity index is 3.03. The van der Waals surface area contributed by atoms with E-state index in [0.717, 1.165) is 0 Å². The van der Waals surface area contributed by atoms with Crippen LogP contribution in [0.1, 0.15) is 18.9 Å². The number of hydrogen-bond acceptors (Lipinski definition) is 4. The molecule has 0 heterocycles. The van der Waals surface area contributed by atoms with Gasteiger partial charge in [-0.05, 0) is 18.2 Å².